The van der Waals surface area contributed by atoms with Gasteiger partial charge in [0.2, 0.25) is 0 Å². The first-order valence-electron chi connectivity index (χ1n) is 7.80. The molecule has 0 unspecified atom stereocenters. The maximum Gasteiger partial charge on any atom is 0.251 e. The molecule has 1 heterocycles. The number of amides is 1. The van der Waals surface area contributed by atoms with Crippen molar-refractivity contribution in [3.05, 3.63) is 35.4 Å². The van der Waals surface area contributed by atoms with Crippen molar-refractivity contribution < 1.29 is 4.79 Å². The summed E-state index contributed by atoms with van der Waals surface area (Å²) in [5, 5.41) is 9.59. The van der Waals surface area contributed by atoms with Crippen molar-refractivity contribution in [3.8, 4) is 0 Å². The second-order valence-electron chi connectivity index (χ2n) is 5.32. The molecule has 0 aromatic heterocycles. The van der Waals surface area contributed by atoms with Crippen LogP contribution in [0, 0.1) is 0 Å². The highest BCUT2D eigenvalue weighted by atomic mass is 16.1. The molecule has 1 aliphatic rings. The number of rotatable bonds is 7. The van der Waals surface area contributed by atoms with Crippen molar-refractivity contribution in [2.24, 2.45) is 0 Å². The van der Waals surface area contributed by atoms with E-state index in [2.05, 4.69) is 27.8 Å². The summed E-state index contributed by atoms with van der Waals surface area (Å²) in [4.78, 5) is 14.4. The SMILES string of the molecule is CCNCc1ccc(C(=O)NCCN2CCNCC2)cc1. The van der Waals surface area contributed by atoms with Gasteiger partial charge in [0.25, 0.3) is 5.91 Å². The zero-order valence-electron chi connectivity index (χ0n) is 12.8. The highest BCUT2D eigenvalue weighted by Crippen LogP contribution is 2.04. The maximum atomic E-state index is 12.1. The lowest BCUT2D eigenvalue weighted by Gasteiger charge is -2.27. The van der Waals surface area contributed by atoms with E-state index in [4.69, 9.17) is 0 Å². The van der Waals surface area contributed by atoms with Gasteiger partial charge in [-0.15, -0.1) is 0 Å². The lowest BCUT2D eigenvalue weighted by atomic mass is 10.1. The number of nitrogens with one attached hydrogen (secondary N) is 3. The van der Waals surface area contributed by atoms with Crippen LogP contribution in [0.5, 0.6) is 0 Å². The Bertz CT molecular complexity index is 426. The highest BCUT2D eigenvalue weighted by Gasteiger charge is 2.10. The van der Waals surface area contributed by atoms with E-state index in [0.29, 0.717) is 6.54 Å². The minimum absolute atomic E-state index is 0.0140. The van der Waals surface area contributed by atoms with Gasteiger partial charge in [0.05, 0.1) is 0 Å². The molecule has 2 rings (SSSR count). The second-order valence-corrected chi connectivity index (χ2v) is 5.32. The topological polar surface area (TPSA) is 56.4 Å². The average molecular weight is 290 g/mol. The number of carbonyl (C=O) groups excluding carboxylic acids is 1. The van der Waals surface area contributed by atoms with Crippen LogP contribution < -0.4 is 16.0 Å². The van der Waals surface area contributed by atoms with Crippen molar-refractivity contribution >= 4 is 5.91 Å². The Labute approximate surface area is 127 Å². The van der Waals surface area contributed by atoms with Gasteiger partial charge in [-0.1, -0.05) is 19.1 Å². The zero-order chi connectivity index (χ0) is 14.9. The third kappa shape index (κ3) is 5.46. The van der Waals surface area contributed by atoms with Crippen LogP contribution in [0.15, 0.2) is 24.3 Å². The third-order valence-electron chi connectivity index (χ3n) is 3.72. The minimum atomic E-state index is 0.0140. The van der Waals surface area contributed by atoms with Gasteiger partial charge in [-0.2, -0.15) is 0 Å². The molecular formula is C16H26N4O. The molecule has 0 bridgehead atoms. The molecule has 5 heteroatoms. The number of hydrogen-bond acceptors (Lipinski definition) is 4. The minimum Gasteiger partial charge on any atom is -0.351 e. The average Bonchev–Trinajstić information content (AvgIpc) is 2.54. The van der Waals surface area contributed by atoms with Crippen LogP contribution in [0.4, 0.5) is 0 Å². The molecule has 0 radical (unpaired) electrons. The summed E-state index contributed by atoms with van der Waals surface area (Å²) < 4.78 is 0. The first-order valence-corrected chi connectivity index (χ1v) is 7.80. The van der Waals surface area contributed by atoms with Gasteiger partial charge < -0.3 is 16.0 Å². The number of hydrogen-bond donors (Lipinski definition) is 3. The summed E-state index contributed by atoms with van der Waals surface area (Å²) in [6.45, 7) is 9.73. The molecule has 1 aromatic rings. The quantitative estimate of drug-likeness (QED) is 0.682. The molecule has 0 spiro atoms. The molecule has 3 N–H and O–H groups in total. The fourth-order valence-corrected chi connectivity index (χ4v) is 2.41. The third-order valence-corrected chi connectivity index (χ3v) is 3.72. The smallest absolute Gasteiger partial charge is 0.251 e. The Hall–Kier alpha value is -1.43. The summed E-state index contributed by atoms with van der Waals surface area (Å²) in [5.74, 6) is 0.0140. The molecule has 0 saturated carbocycles. The van der Waals surface area contributed by atoms with Gasteiger partial charge in [0.1, 0.15) is 0 Å². The van der Waals surface area contributed by atoms with Gasteiger partial charge in [-0.25, -0.2) is 0 Å². The lowest BCUT2D eigenvalue weighted by Crippen LogP contribution is -2.46. The van der Waals surface area contributed by atoms with Gasteiger partial charge in [-0.3, -0.25) is 9.69 Å². The van der Waals surface area contributed by atoms with E-state index in [1.807, 2.05) is 24.3 Å². The highest BCUT2D eigenvalue weighted by molar-refractivity contribution is 5.94. The molecule has 1 aliphatic heterocycles. The monoisotopic (exact) mass is 290 g/mol. The van der Waals surface area contributed by atoms with E-state index < -0.39 is 0 Å². The summed E-state index contributed by atoms with van der Waals surface area (Å²) >= 11 is 0. The van der Waals surface area contributed by atoms with Crippen molar-refractivity contribution in [1.82, 2.24) is 20.9 Å². The molecule has 5 nitrogen and oxygen atoms in total. The van der Waals surface area contributed by atoms with Crippen molar-refractivity contribution in [1.29, 1.82) is 0 Å². The molecule has 1 fully saturated rings. The Kier molecular flexibility index (Phi) is 6.66. The molecular weight excluding hydrogens is 264 g/mol. The lowest BCUT2D eigenvalue weighted by molar-refractivity contribution is 0.0947. The van der Waals surface area contributed by atoms with Crippen LogP contribution in [0.3, 0.4) is 0 Å². The van der Waals surface area contributed by atoms with Gasteiger partial charge in [0, 0.05) is 51.4 Å². The van der Waals surface area contributed by atoms with Gasteiger partial charge in [-0.05, 0) is 24.2 Å². The van der Waals surface area contributed by atoms with Crippen LogP contribution in [0.1, 0.15) is 22.8 Å². The predicted octanol–water partition coefficient (Wildman–Crippen LogP) is 0.431. The first kappa shape index (κ1) is 15.9. The molecule has 0 atom stereocenters. The summed E-state index contributed by atoms with van der Waals surface area (Å²) in [7, 11) is 0. The number of nitrogens with zero attached hydrogens (tertiary/aromatic N) is 1. The van der Waals surface area contributed by atoms with E-state index in [1.165, 1.54) is 5.56 Å². The van der Waals surface area contributed by atoms with Crippen molar-refractivity contribution in [2.75, 3.05) is 45.8 Å². The summed E-state index contributed by atoms with van der Waals surface area (Å²) in [6.07, 6.45) is 0. The molecule has 1 amide bonds. The molecule has 1 saturated heterocycles. The Morgan fingerprint density at radius 2 is 1.95 bits per heavy atom. The fourth-order valence-electron chi connectivity index (χ4n) is 2.41. The maximum absolute atomic E-state index is 12.1. The normalized spacial score (nSPS) is 15.9. The zero-order valence-corrected chi connectivity index (χ0v) is 12.8. The first-order chi connectivity index (χ1) is 10.3. The Balaban J connectivity index is 1.72. The molecule has 1 aromatic carbocycles. The number of piperazine rings is 1. The molecule has 0 aliphatic carbocycles. The number of carbonyl (C=O) groups is 1. The van der Waals surface area contributed by atoms with Crippen molar-refractivity contribution in [3.63, 3.8) is 0 Å². The van der Waals surface area contributed by atoms with Crippen molar-refractivity contribution in [2.45, 2.75) is 13.5 Å². The van der Waals surface area contributed by atoms with Gasteiger partial charge >= 0.3 is 0 Å². The van der Waals surface area contributed by atoms with E-state index >= 15 is 0 Å². The Morgan fingerprint density at radius 1 is 1.24 bits per heavy atom. The molecule has 116 valence electrons. The fraction of sp³-hybridized carbons (Fsp3) is 0.562. The van der Waals surface area contributed by atoms with Crippen LogP contribution in [0.2, 0.25) is 0 Å². The molecule has 21 heavy (non-hydrogen) atoms. The van der Waals surface area contributed by atoms with Crippen LogP contribution >= 0.6 is 0 Å². The van der Waals surface area contributed by atoms with E-state index in [-0.39, 0.29) is 5.91 Å². The second kappa shape index (κ2) is 8.77. The van der Waals surface area contributed by atoms with E-state index in [0.717, 1.165) is 51.4 Å². The van der Waals surface area contributed by atoms with Gasteiger partial charge in [0.15, 0.2) is 0 Å². The Morgan fingerprint density at radius 3 is 2.62 bits per heavy atom. The summed E-state index contributed by atoms with van der Waals surface area (Å²) in [5.41, 5.74) is 1.93. The van der Waals surface area contributed by atoms with Crippen LogP contribution in [-0.2, 0) is 6.54 Å². The summed E-state index contributed by atoms with van der Waals surface area (Å²) in [6, 6.07) is 7.81. The van der Waals surface area contributed by atoms with E-state index in [1.54, 1.807) is 0 Å². The largest absolute Gasteiger partial charge is 0.351 e. The number of benzene rings is 1. The predicted molar refractivity (Wildman–Crippen MR) is 85.5 cm³/mol. The standard InChI is InChI=1S/C16H26N4O/c1-2-17-13-14-3-5-15(6-4-14)16(21)19-9-12-20-10-7-18-8-11-20/h3-6,17-18H,2,7-13H2,1H3,(H,19,21). The van der Waals surface area contributed by atoms with Crippen LogP contribution in [0.25, 0.3) is 0 Å². The van der Waals surface area contributed by atoms with Crippen LogP contribution in [-0.4, -0.2) is 56.6 Å². The van der Waals surface area contributed by atoms with E-state index in [9.17, 15) is 4.79 Å².